The van der Waals surface area contributed by atoms with Crippen LogP contribution in [0.4, 0.5) is 13.2 Å². The number of allylic oxidation sites excluding steroid dienone is 1. The van der Waals surface area contributed by atoms with E-state index in [-0.39, 0.29) is 19.1 Å². The summed E-state index contributed by atoms with van der Waals surface area (Å²) in [5, 5.41) is 4.71. The minimum Gasteiger partial charge on any atom is -0.465 e. The average Bonchev–Trinajstić information content (AvgIpc) is 2.39. The van der Waals surface area contributed by atoms with Crippen molar-refractivity contribution in [3.05, 3.63) is 12.3 Å². The van der Waals surface area contributed by atoms with Gasteiger partial charge in [-0.05, 0) is 12.8 Å². The monoisotopic (exact) mass is 324 g/mol. The molecule has 0 bridgehead atoms. The van der Waals surface area contributed by atoms with Gasteiger partial charge >= 0.3 is 12.1 Å². The number of halogens is 3. The van der Waals surface area contributed by atoms with E-state index >= 15 is 0 Å². The van der Waals surface area contributed by atoms with E-state index in [9.17, 15) is 27.6 Å². The first-order valence-corrected chi connectivity index (χ1v) is 6.56. The summed E-state index contributed by atoms with van der Waals surface area (Å²) in [4.78, 5) is 33.6. The number of amides is 1. The zero-order valence-electron chi connectivity index (χ0n) is 12.5. The quantitative estimate of drug-likeness (QED) is 0.512. The van der Waals surface area contributed by atoms with Gasteiger partial charge in [-0.1, -0.05) is 13.8 Å². The molecule has 0 saturated heterocycles. The molecule has 0 aromatic carbocycles. The predicted molar refractivity (Wildman–Crippen MR) is 71.6 cm³/mol. The van der Waals surface area contributed by atoms with Crippen molar-refractivity contribution >= 4 is 17.7 Å². The molecule has 6 nitrogen and oxygen atoms in total. The van der Waals surface area contributed by atoms with Gasteiger partial charge < -0.3 is 15.4 Å². The van der Waals surface area contributed by atoms with Gasteiger partial charge in [0.25, 0.3) is 5.78 Å². The predicted octanol–water partition coefficient (Wildman–Crippen LogP) is 0.925. The van der Waals surface area contributed by atoms with E-state index in [1.54, 1.807) is 20.8 Å². The largest absolute Gasteiger partial charge is 0.465 e. The van der Waals surface area contributed by atoms with Crippen LogP contribution in [0.1, 0.15) is 20.8 Å². The number of hydrogen-bond donors (Lipinski definition) is 2. The Bertz CT molecular complexity index is 433. The molecular formula is C13H19F3N2O4. The first-order chi connectivity index (χ1) is 10.1. The minimum absolute atomic E-state index is 0.169. The van der Waals surface area contributed by atoms with Gasteiger partial charge in [0.05, 0.1) is 6.61 Å². The lowest BCUT2D eigenvalue weighted by Gasteiger charge is -2.20. The summed E-state index contributed by atoms with van der Waals surface area (Å²) < 4.78 is 40.7. The fourth-order valence-corrected chi connectivity index (χ4v) is 1.37. The van der Waals surface area contributed by atoms with Crippen molar-refractivity contribution in [1.29, 1.82) is 0 Å². The highest BCUT2D eigenvalue weighted by Crippen LogP contribution is 2.16. The molecule has 0 aliphatic rings. The lowest BCUT2D eigenvalue weighted by Crippen LogP contribution is -2.47. The van der Waals surface area contributed by atoms with Crippen LogP contribution in [0, 0.1) is 5.92 Å². The second kappa shape index (κ2) is 9.06. The molecule has 0 rings (SSSR count). The highest BCUT2D eigenvalue weighted by atomic mass is 19.4. The van der Waals surface area contributed by atoms with Crippen LogP contribution in [-0.2, 0) is 19.1 Å². The van der Waals surface area contributed by atoms with Crippen molar-refractivity contribution in [2.75, 3.05) is 13.2 Å². The maximum Gasteiger partial charge on any atom is 0.454 e. The summed E-state index contributed by atoms with van der Waals surface area (Å²) in [6.45, 7) is 4.74. The molecule has 0 aliphatic carbocycles. The van der Waals surface area contributed by atoms with Crippen LogP contribution in [0.15, 0.2) is 12.3 Å². The molecule has 0 spiro atoms. The Labute approximate surface area is 126 Å². The Balaban J connectivity index is 4.54. The molecule has 1 unspecified atom stereocenters. The molecule has 0 fully saturated rings. The molecule has 126 valence electrons. The molecule has 0 heterocycles. The Morgan fingerprint density at radius 1 is 1.23 bits per heavy atom. The molecule has 0 radical (unpaired) electrons. The second-order valence-electron chi connectivity index (χ2n) is 4.61. The third kappa shape index (κ3) is 7.65. The minimum atomic E-state index is -4.96. The number of alkyl halides is 3. The highest BCUT2D eigenvalue weighted by Gasteiger charge is 2.36. The molecule has 0 aromatic heterocycles. The van der Waals surface area contributed by atoms with Gasteiger partial charge in [0, 0.05) is 12.3 Å². The number of rotatable bonds is 8. The van der Waals surface area contributed by atoms with Crippen LogP contribution in [-0.4, -0.2) is 43.0 Å². The number of carbonyl (C=O) groups excluding carboxylic acids is 3. The third-order valence-electron chi connectivity index (χ3n) is 2.45. The Morgan fingerprint density at radius 3 is 2.27 bits per heavy atom. The smallest absolute Gasteiger partial charge is 0.454 e. The summed E-state index contributed by atoms with van der Waals surface area (Å²) >= 11 is 0. The molecule has 9 heteroatoms. The van der Waals surface area contributed by atoms with E-state index in [1.165, 1.54) is 0 Å². The Hall–Kier alpha value is -2.06. The molecule has 0 aliphatic heterocycles. The number of hydrogen-bond acceptors (Lipinski definition) is 5. The summed E-state index contributed by atoms with van der Waals surface area (Å²) in [5.41, 5.74) is 0. The fourth-order valence-electron chi connectivity index (χ4n) is 1.37. The van der Waals surface area contributed by atoms with Crippen LogP contribution in [0.25, 0.3) is 0 Å². The van der Waals surface area contributed by atoms with E-state index in [0.29, 0.717) is 6.08 Å². The maximum atomic E-state index is 12.0. The molecule has 22 heavy (non-hydrogen) atoms. The topological polar surface area (TPSA) is 84.5 Å². The number of esters is 1. The average molecular weight is 324 g/mol. The van der Waals surface area contributed by atoms with Gasteiger partial charge in [0.2, 0.25) is 5.91 Å². The molecule has 0 saturated carbocycles. The Kier molecular flexibility index (Phi) is 8.21. The van der Waals surface area contributed by atoms with Gasteiger partial charge in [-0.2, -0.15) is 13.2 Å². The SMILES string of the molecule is CCOC(=O)CNC(=O)C(N/C=C\C(=O)C(F)(F)F)C(C)C. The first kappa shape index (κ1) is 19.9. The van der Waals surface area contributed by atoms with E-state index < -0.39 is 29.9 Å². The lowest BCUT2D eigenvalue weighted by atomic mass is 10.0. The molecule has 0 aromatic rings. The third-order valence-corrected chi connectivity index (χ3v) is 2.45. The summed E-state index contributed by atoms with van der Waals surface area (Å²) in [6, 6.07) is -0.897. The molecule has 1 atom stereocenters. The molecule has 1 amide bonds. The van der Waals surface area contributed by atoms with Crippen LogP contribution in [0.3, 0.4) is 0 Å². The number of nitrogens with one attached hydrogen (secondary N) is 2. The van der Waals surface area contributed by atoms with Crippen molar-refractivity contribution in [1.82, 2.24) is 10.6 Å². The van der Waals surface area contributed by atoms with Crippen molar-refractivity contribution in [2.24, 2.45) is 5.92 Å². The number of carbonyl (C=O) groups is 3. The van der Waals surface area contributed by atoms with E-state index in [2.05, 4.69) is 15.4 Å². The van der Waals surface area contributed by atoms with Crippen molar-refractivity contribution in [2.45, 2.75) is 33.0 Å². The number of ketones is 1. The maximum absolute atomic E-state index is 12.0. The fraction of sp³-hybridized carbons (Fsp3) is 0.615. The van der Waals surface area contributed by atoms with E-state index in [1.807, 2.05) is 0 Å². The van der Waals surface area contributed by atoms with E-state index in [0.717, 1.165) is 6.20 Å². The van der Waals surface area contributed by atoms with Crippen LogP contribution in [0.2, 0.25) is 0 Å². The van der Waals surface area contributed by atoms with Gasteiger partial charge in [0.15, 0.2) is 0 Å². The highest BCUT2D eigenvalue weighted by molar-refractivity contribution is 5.94. The van der Waals surface area contributed by atoms with Crippen LogP contribution < -0.4 is 10.6 Å². The van der Waals surface area contributed by atoms with Crippen LogP contribution >= 0.6 is 0 Å². The van der Waals surface area contributed by atoms with Gasteiger partial charge in [-0.3, -0.25) is 14.4 Å². The van der Waals surface area contributed by atoms with Crippen LogP contribution in [0.5, 0.6) is 0 Å². The standard InChI is InChI=1S/C13H19F3N2O4/c1-4-22-10(20)7-18-12(21)11(8(2)3)17-6-5-9(19)13(14,15)16/h5-6,8,11,17H,4,7H2,1-3H3,(H,18,21)/b6-5-. The van der Waals surface area contributed by atoms with E-state index in [4.69, 9.17) is 0 Å². The van der Waals surface area contributed by atoms with Crippen molar-refractivity contribution in [3.63, 3.8) is 0 Å². The zero-order chi connectivity index (χ0) is 17.3. The summed E-state index contributed by atoms with van der Waals surface area (Å²) in [5.74, 6) is -3.53. The van der Waals surface area contributed by atoms with Crippen molar-refractivity contribution in [3.8, 4) is 0 Å². The molecule has 2 N–H and O–H groups in total. The van der Waals surface area contributed by atoms with Gasteiger partial charge in [-0.15, -0.1) is 0 Å². The van der Waals surface area contributed by atoms with Gasteiger partial charge in [-0.25, -0.2) is 0 Å². The lowest BCUT2D eigenvalue weighted by molar-refractivity contribution is -0.165. The second-order valence-corrected chi connectivity index (χ2v) is 4.61. The molecular weight excluding hydrogens is 305 g/mol. The first-order valence-electron chi connectivity index (χ1n) is 6.56. The normalized spacial score (nSPS) is 13.0. The Morgan fingerprint density at radius 2 is 1.82 bits per heavy atom. The summed E-state index contributed by atoms with van der Waals surface area (Å²) in [7, 11) is 0. The zero-order valence-corrected chi connectivity index (χ0v) is 12.5. The summed E-state index contributed by atoms with van der Waals surface area (Å²) in [6.07, 6.45) is -3.89. The number of ether oxygens (including phenoxy) is 1. The van der Waals surface area contributed by atoms with Gasteiger partial charge in [0.1, 0.15) is 12.6 Å². The van der Waals surface area contributed by atoms with Crippen molar-refractivity contribution < 1.29 is 32.3 Å².